The van der Waals surface area contributed by atoms with Gasteiger partial charge in [0.05, 0.1) is 11.4 Å². The number of ether oxygens (including phenoxy) is 2. The van der Waals surface area contributed by atoms with E-state index in [4.69, 9.17) is 32.7 Å². The van der Waals surface area contributed by atoms with Crippen molar-refractivity contribution in [1.82, 2.24) is 25.4 Å². The number of carbonyl (C=O) groups is 4. The van der Waals surface area contributed by atoms with Gasteiger partial charge in [-0.05, 0) is 164 Å². The van der Waals surface area contributed by atoms with Crippen molar-refractivity contribution in [3.63, 3.8) is 0 Å². The Morgan fingerprint density at radius 2 is 1.02 bits per heavy atom. The minimum atomic E-state index is -0.0794. The highest BCUT2D eigenvalue weighted by molar-refractivity contribution is 6.31. The fraction of sp³-hybridized carbons (Fsp3) is 0.303. The molecule has 4 aliphatic heterocycles. The maximum Gasteiger partial charge on any atom is 0.265 e. The zero-order valence-corrected chi connectivity index (χ0v) is 46.9. The Bertz CT molecular complexity index is 3550. The number of anilines is 2. The Morgan fingerprint density at radius 1 is 0.531 bits per heavy atom. The molecule has 81 heavy (non-hydrogen) atoms. The third kappa shape index (κ3) is 13.2. The maximum atomic E-state index is 13.3. The fourth-order valence-electron chi connectivity index (χ4n) is 11.9. The summed E-state index contributed by atoms with van der Waals surface area (Å²) >= 11 is 12.7. The lowest BCUT2D eigenvalue weighted by Gasteiger charge is -2.35. The number of piperidine rings is 2. The lowest BCUT2D eigenvalue weighted by molar-refractivity contribution is -0.122. The van der Waals surface area contributed by atoms with Crippen LogP contribution in [-0.4, -0.2) is 117 Å². The van der Waals surface area contributed by atoms with Crippen molar-refractivity contribution >= 4 is 79.9 Å². The van der Waals surface area contributed by atoms with Gasteiger partial charge in [0.15, 0.2) is 13.2 Å². The number of likely N-dealkylation sites (tertiary alicyclic amines) is 2. The molecule has 4 aliphatic rings. The highest BCUT2D eigenvalue weighted by atomic mass is 35.5. The smallest absolute Gasteiger partial charge is 0.265 e. The van der Waals surface area contributed by atoms with Crippen molar-refractivity contribution in [3.05, 3.63) is 201 Å². The number of hydrogen-bond donors (Lipinski definition) is 3. The van der Waals surface area contributed by atoms with Crippen LogP contribution >= 0.6 is 23.2 Å². The second-order valence-corrected chi connectivity index (χ2v) is 22.2. The summed E-state index contributed by atoms with van der Waals surface area (Å²) in [5.74, 6) is 1.93. The summed E-state index contributed by atoms with van der Waals surface area (Å²) in [5.41, 5.74) is 8.65. The zero-order valence-electron chi connectivity index (χ0n) is 45.4. The van der Waals surface area contributed by atoms with Crippen LogP contribution in [0, 0.1) is 0 Å². The molecule has 0 spiro atoms. The molecule has 8 aromatic rings. The van der Waals surface area contributed by atoms with Crippen molar-refractivity contribution in [2.45, 2.75) is 50.4 Å². The van der Waals surface area contributed by atoms with E-state index in [1.54, 1.807) is 12.1 Å². The van der Waals surface area contributed by atoms with Gasteiger partial charge in [-0.3, -0.25) is 19.2 Å². The molecule has 0 aliphatic carbocycles. The van der Waals surface area contributed by atoms with E-state index in [1.165, 1.54) is 27.3 Å². The number of hydrogen-bond acceptors (Lipinski definition) is 8. The van der Waals surface area contributed by atoms with Gasteiger partial charge in [0.2, 0.25) is 0 Å². The van der Waals surface area contributed by atoms with Gasteiger partial charge in [-0.1, -0.05) is 120 Å². The van der Waals surface area contributed by atoms with Crippen LogP contribution in [0.25, 0.3) is 21.7 Å². The van der Waals surface area contributed by atoms with E-state index in [2.05, 4.69) is 67.9 Å². The Balaban J connectivity index is 0.000000170. The second-order valence-electron chi connectivity index (χ2n) is 21.4. The number of H-pyrrole nitrogens is 1. The van der Waals surface area contributed by atoms with Gasteiger partial charge in [0, 0.05) is 77.5 Å². The molecule has 0 unspecified atom stereocenters. The van der Waals surface area contributed by atoms with Crippen LogP contribution in [-0.2, 0) is 22.4 Å². The van der Waals surface area contributed by atoms with Gasteiger partial charge in [0.25, 0.3) is 23.6 Å². The first-order chi connectivity index (χ1) is 39.6. The summed E-state index contributed by atoms with van der Waals surface area (Å²) in [7, 11) is 0. The molecule has 0 bridgehead atoms. The summed E-state index contributed by atoms with van der Waals surface area (Å²) < 4.78 is 11.1. The lowest BCUT2D eigenvalue weighted by Crippen LogP contribution is -2.45. The lowest BCUT2D eigenvalue weighted by atomic mass is 9.86. The van der Waals surface area contributed by atoms with E-state index < -0.39 is 0 Å². The van der Waals surface area contributed by atoms with Crippen molar-refractivity contribution in [1.29, 1.82) is 0 Å². The number of aromatic amines is 1. The number of rotatable bonds is 16. The van der Waals surface area contributed by atoms with E-state index in [-0.39, 0.29) is 48.7 Å². The molecular weight excluding hydrogens is 1060 g/mol. The number of nitrogens with one attached hydrogen (secondary N) is 3. The van der Waals surface area contributed by atoms with Crippen LogP contribution in [0.4, 0.5) is 11.4 Å². The number of aromatic nitrogens is 1. The van der Waals surface area contributed by atoms with Crippen LogP contribution in [0.1, 0.15) is 80.5 Å². The number of halogens is 2. The first kappa shape index (κ1) is 55.2. The van der Waals surface area contributed by atoms with Crippen LogP contribution in [0.2, 0.25) is 10.0 Å². The van der Waals surface area contributed by atoms with Gasteiger partial charge in [-0.15, -0.1) is 0 Å². The number of amides is 4. The summed E-state index contributed by atoms with van der Waals surface area (Å²) in [6.45, 7) is 7.80. The number of para-hydroxylation sites is 5. The summed E-state index contributed by atoms with van der Waals surface area (Å²) in [6, 6.07) is 49.8. The topological polar surface area (TPSA) is 140 Å². The predicted octanol–water partition coefficient (Wildman–Crippen LogP) is 11.5. The van der Waals surface area contributed by atoms with Gasteiger partial charge in [-0.2, -0.15) is 0 Å². The Hall–Kier alpha value is -7.68. The highest BCUT2D eigenvalue weighted by Crippen LogP contribution is 2.36. The maximum absolute atomic E-state index is 13.3. The van der Waals surface area contributed by atoms with Crippen molar-refractivity contribution < 1.29 is 28.7 Å². The normalized spacial score (nSPS) is 16.0. The van der Waals surface area contributed by atoms with E-state index in [1.807, 2.05) is 113 Å². The zero-order chi connectivity index (χ0) is 55.7. The van der Waals surface area contributed by atoms with Crippen molar-refractivity contribution in [2.24, 2.45) is 0 Å². The molecule has 0 atom stereocenters. The van der Waals surface area contributed by atoms with E-state index in [9.17, 15) is 19.2 Å². The minimum Gasteiger partial charge on any atom is -0.482 e. The molecule has 4 amide bonds. The van der Waals surface area contributed by atoms with E-state index >= 15 is 0 Å². The highest BCUT2D eigenvalue weighted by Gasteiger charge is 2.31. The predicted molar refractivity (Wildman–Crippen MR) is 323 cm³/mol. The molecule has 0 saturated carbocycles. The summed E-state index contributed by atoms with van der Waals surface area (Å²) in [6.07, 6.45) is 7.33. The second kappa shape index (κ2) is 25.8. The number of fused-ring (bicyclic) bond motifs is 4. The molecule has 1 aromatic heterocycles. The van der Waals surface area contributed by atoms with Gasteiger partial charge >= 0.3 is 0 Å². The molecule has 5 heterocycles. The fourth-order valence-corrected chi connectivity index (χ4v) is 12.3. The van der Waals surface area contributed by atoms with Crippen LogP contribution in [0.5, 0.6) is 11.5 Å². The monoisotopic (exact) mass is 1120 g/mol. The number of carbonyl (C=O) groups excluding carboxylic acids is 4. The Kier molecular flexibility index (Phi) is 17.6. The minimum absolute atomic E-state index is 0.00369. The molecule has 12 rings (SSSR count). The number of benzene rings is 7. The molecule has 2 saturated heterocycles. The standard InChI is InChI=1S/C34H34ClN3O3.C32H33ClN4O3/c35-28-11-12-29(30(22-28)34(40)36-16-13-24-9-10-25-5-1-2-6-27(25)21-24)26-14-17-37(18-15-26)19-20-38-31-7-3-4-8-32(31)41-23-33(38)39;33-24-9-10-25(27(19-24)32(39)34-14-11-23-20-35-28-6-2-1-5-26(23)28)22-12-15-36(16-13-22)17-18-37-29-7-3-4-8-30(29)40-21-31(37)38/h1-12,21-22,26H,13-20,23H2,(H,36,40);1-10,19-20,22,35H,11-18,21H2,(H,34,39). The van der Waals surface area contributed by atoms with Crippen molar-refractivity contribution in [3.8, 4) is 11.5 Å². The molecular formula is C66H67Cl2N7O6. The van der Waals surface area contributed by atoms with E-state index in [0.717, 1.165) is 117 Å². The van der Waals surface area contributed by atoms with Crippen LogP contribution in [0.15, 0.2) is 158 Å². The molecule has 13 nitrogen and oxygen atoms in total. The Morgan fingerprint density at radius 3 is 1.59 bits per heavy atom. The first-order valence-corrected chi connectivity index (χ1v) is 29.0. The van der Waals surface area contributed by atoms with Gasteiger partial charge in [-0.25, -0.2) is 0 Å². The van der Waals surface area contributed by atoms with Crippen molar-refractivity contribution in [2.75, 3.05) is 88.5 Å². The van der Waals surface area contributed by atoms with Gasteiger partial charge in [0.1, 0.15) is 11.5 Å². The summed E-state index contributed by atoms with van der Waals surface area (Å²) in [5, 5.41) is 11.0. The molecule has 2 fully saturated rings. The van der Waals surface area contributed by atoms with Crippen LogP contribution in [0.3, 0.4) is 0 Å². The molecule has 7 aromatic carbocycles. The van der Waals surface area contributed by atoms with Crippen LogP contribution < -0.4 is 29.9 Å². The first-order valence-electron chi connectivity index (χ1n) is 28.3. The molecule has 3 N–H and O–H groups in total. The van der Waals surface area contributed by atoms with E-state index in [0.29, 0.717) is 47.4 Å². The Labute approximate surface area is 483 Å². The third-order valence-electron chi connectivity index (χ3n) is 16.3. The quantitative estimate of drug-likeness (QED) is 0.0869. The number of nitrogens with zero attached hydrogens (tertiary/aromatic N) is 4. The average molecular weight is 1130 g/mol. The SMILES string of the molecule is O=C(NCCc1c[nH]c2ccccc12)c1cc(Cl)ccc1C1CCN(CCN2C(=O)COc3ccccc32)CC1.O=C(NCCc1ccc2ccccc2c1)c1cc(Cl)ccc1C1CCN(CCN2C(=O)COc3ccccc32)CC1. The molecule has 0 radical (unpaired) electrons. The largest absolute Gasteiger partial charge is 0.482 e. The molecule has 15 heteroatoms. The van der Waals surface area contributed by atoms with Gasteiger partial charge < -0.3 is 44.7 Å². The third-order valence-corrected chi connectivity index (χ3v) is 16.8. The average Bonchev–Trinajstić information content (AvgIpc) is 3.92. The summed E-state index contributed by atoms with van der Waals surface area (Å²) in [4.78, 5) is 63.4. The molecule has 416 valence electrons.